The molecule has 1 heterocycles. The molecule has 0 amide bonds. The zero-order chi connectivity index (χ0) is 19.3. The van der Waals surface area contributed by atoms with Crippen LogP contribution in [0.3, 0.4) is 0 Å². The third-order valence-electron chi connectivity index (χ3n) is 5.30. The Hall–Kier alpha value is -1.59. The van der Waals surface area contributed by atoms with E-state index in [9.17, 15) is 4.79 Å². The third kappa shape index (κ3) is 6.22. The summed E-state index contributed by atoms with van der Waals surface area (Å²) in [6, 6.07) is 8.49. The van der Waals surface area contributed by atoms with Crippen molar-refractivity contribution in [1.29, 1.82) is 0 Å². The van der Waals surface area contributed by atoms with Gasteiger partial charge >= 0.3 is 5.97 Å². The predicted molar refractivity (Wildman–Crippen MR) is 108 cm³/mol. The highest BCUT2D eigenvalue weighted by molar-refractivity contribution is 5.90. The second-order valence-corrected chi connectivity index (χ2v) is 8.69. The number of rotatable bonds is 7. The van der Waals surface area contributed by atoms with Gasteiger partial charge in [0, 0.05) is 31.4 Å². The Balaban J connectivity index is 1.39. The number of nitrogens with one attached hydrogen (secondary N) is 1. The van der Waals surface area contributed by atoms with Crippen LogP contribution < -0.4 is 10.2 Å². The molecule has 0 aromatic heterocycles. The second-order valence-electron chi connectivity index (χ2n) is 8.69. The maximum Gasteiger partial charge on any atom is 0.338 e. The first kappa shape index (κ1) is 20.2. The van der Waals surface area contributed by atoms with Gasteiger partial charge in [-0.25, -0.2) is 4.79 Å². The minimum Gasteiger partial charge on any atom is -0.456 e. The van der Waals surface area contributed by atoms with E-state index in [-0.39, 0.29) is 5.97 Å². The number of ether oxygens (including phenoxy) is 2. The van der Waals surface area contributed by atoms with Gasteiger partial charge in [0.25, 0.3) is 0 Å². The highest BCUT2D eigenvalue weighted by Crippen LogP contribution is 2.23. The van der Waals surface area contributed by atoms with E-state index in [1.165, 1.54) is 19.3 Å². The van der Waals surface area contributed by atoms with Gasteiger partial charge in [-0.05, 0) is 70.7 Å². The number of carbonyl (C=O) groups excluding carboxylic acids is 1. The monoisotopic (exact) mass is 374 g/mol. The molecule has 5 nitrogen and oxygen atoms in total. The van der Waals surface area contributed by atoms with Crippen molar-refractivity contribution in [2.45, 2.75) is 70.6 Å². The lowest BCUT2D eigenvalue weighted by Crippen LogP contribution is -2.40. The Labute approximate surface area is 163 Å². The van der Waals surface area contributed by atoms with Gasteiger partial charge in [-0.1, -0.05) is 6.42 Å². The summed E-state index contributed by atoms with van der Waals surface area (Å²) in [7, 11) is 0. The molecule has 0 bridgehead atoms. The molecular formula is C22H34N2O3. The van der Waals surface area contributed by atoms with Gasteiger partial charge in [-0.3, -0.25) is 0 Å². The summed E-state index contributed by atoms with van der Waals surface area (Å²) in [5, 5.41) is 3.55. The number of hydrogen-bond acceptors (Lipinski definition) is 5. The number of esters is 1. The molecule has 27 heavy (non-hydrogen) atoms. The maximum absolute atomic E-state index is 12.1. The van der Waals surface area contributed by atoms with Crippen molar-refractivity contribution < 1.29 is 14.3 Å². The third-order valence-corrected chi connectivity index (χ3v) is 5.30. The van der Waals surface area contributed by atoms with E-state index in [2.05, 4.69) is 10.2 Å². The maximum atomic E-state index is 12.1. The van der Waals surface area contributed by atoms with Crippen molar-refractivity contribution in [1.82, 2.24) is 5.32 Å². The zero-order valence-electron chi connectivity index (χ0n) is 17.0. The Kier molecular flexibility index (Phi) is 6.77. The first-order chi connectivity index (χ1) is 12.9. The molecule has 0 spiro atoms. The number of nitrogens with zero attached hydrogens (tertiary/aromatic N) is 1. The van der Waals surface area contributed by atoms with Crippen LogP contribution in [0.15, 0.2) is 24.3 Å². The molecule has 3 rings (SSSR count). The highest BCUT2D eigenvalue weighted by atomic mass is 16.6. The van der Waals surface area contributed by atoms with Gasteiger partial charge < -0.3 is 19.7 Å². The molecule has 1 N–H and O–H groups in total. The van der Waals surface area contributed by atoms with Gasteiger partial charge in [0.1, 0.15) is 5.60 Å². The number of anilines is 1. The SMILES string of the molecule is CC(C)(C)OC(=O)c1ccc(N2CCC(OCCNC3CCC3)CC2)cc1. The molecule has 150 valence electrons. The van der Waals surface area contributed by atoms with Gasteiger partial charge in [-0.2, -0.15) is 0 Å². The van der Waals surface area contributed by atoms with Crippen LogP contribution in [0.5, 0.6) is 0 Å². The van der Waals surface area contributed by atoms with Gasteiger partial charge in [0.2, 0.25) is 0 Å². The standard InChI is InChI=1S/C22H34N2O3/c1-22(2,3)27-21(25)17-7-9-19(10-8-17)24-14-11-20(12-15-24)26-16-13-23-18-5-4-6-18/h7-10,18,20,23H,4-6,11-16H2,1-3H3. The average Bonchev–Trinajstić information content (AvgIpc) is 2.59. The van der Waals surface area contributed by atoms with Crippen molar-refractivity contribution in [2.24, 2.45) is 0 Å². The minimum atomic E-state index is -0.467. The van der Waals surface area contributed by atoms with E-state index < -0.39 is 5.60 Å². The molecule has 0 atom stereocenters. The summed E-state index contributed by atoms with van der Waals surface area (Å²) in [5.74, 6) is -0.267. The Morgan fingerprint density at radius 3 is 2.33 bits per heavy atom. The summed E-state index contributed by atoms with van der Waals surface area (Å²) in [5.41, 5.74) is 1.30. The van der Waals surface area contributed by atoms with E-state index in [4.69, 9.17) is 9.47 Å². The van der Waals surface area contributed by atoms with Gasteiger partial charge in [0.05, 0.1) is 18.3 Å². The largest absolute Gasteiger partial charge is 0.456 e. The van der Waals surface area contributed by atoms with Crippen LogP contribution in [0.1, 0.15) is 63.2 Å². The first-order valence-corrected chi connectivity index (χ1v) is 10.3. The fraction of sp³-hybridized carbons (Fsp3) is 0.682. The summed E-state index contributed by atoms with van der Waals surface area (Å²) in [6.45, 7) is 9.42. The predicted octanol–water partition coefficient (Wildman–Crippen LogP) is 3.77. The quantitative estimate of drug-likeness (QED) is 0.582. The van der Waals surface area contributed by atoms with Gasteiger partial charge in [0.15, 0.2) is 0 Å². The molecule has 0 radical (unpaired) electrons. The summed E-state index contributed by atoms with van der Waals surface area (Å²) >= 11 is 0. The number of benzene rings is 1. The van der Waals surface area contributed by atoms with Crippen molar-refractivity contribution in [3.63, 3.8) is 0 Å². The van der Waals surface area contributed by atoms with Crippen LogP contribution in [0.4, 0.5) is 5.69 Å². The molecular weight excluding hydrogens is 340 g/mol. The Morgan fingerprint density at radius 2 is 1.78 bits per heavy atom. The summed E-state index contributed by atoms with van der Waals surface area (Å²) in [6.07, 6.45) is 6.49. The van der Waals surface area contributed by atoms with E-state index in [1.807, 2.05) is 45.0 Å². The average molecular weight is 375 g/mol. The van der Waals surface area contributed by atoms with Crippen LogP contribution in [-0.4, -0.2) is 50.0 Å². The Morgan fingerprint density at radius 1 is 1.11 bits per heavy atom. The van der Waals surface area contributed by atoms with Crippen molar-refractivity contribution >= 4 is 11.7 Å². The first-order valence-electron chi connectivity index (χ1n) is 10.3. The van der Waals surface area contributed by atoms with Crippen LogP contribution in [0.2, 0.25) is 0 Å². The summed E-state index contributed by atoms with van der Waals surface area (Å²) < 4.78 is 11.5. The highest BCUT2D eigenvalue weighted by Gasteiger charge is 2.22. The van der Waals surface area contributed by atoms with E-state index in [0.29, 0.717) is 11.7 Å². The smallest absolute Gasteiger partial charge is 0.338 e. The molecule has 1 saturated carbocycles. The number of piperidine rings is 1. The molecule has 1 aliphatic carbocycles. The number of carbonyl (C=O) groups is 1. The van der Waals surface area contributed by atoms with Crippen molar-refractivity contribution in [2.75, 3.05) is 31.1 Å². The fourth-order valence-corrected chi connectivity index (χ4v) is 3.53. The summed E-state index contributed by atoms with van der Waals surface area (Å²) in [4.78, 5) is 14.5. The molecule has 2 aliphatic rings. The topological polar surface area (TPSA) is 50.8 Å². The molecule has 2 fully saturated rings. The van der Waals surface area contributed by atoms with Crippen LogP contribution in [0.25, 0.3) is 0 Å². The molecule has 1 aromatic rings. The molecule has 1 aliphatic heterocycles. The molecule has 5 heteroatoms. The second kappa shape index (κ2) is 9.07. The van der Waals surface area contributed by atoms with E-state index in [1.54, 1.807) is 0 Å². The zero-order valence-corrected chi connectivity index (χ0v) is 17.0. The molecule has 1 saturated heterocycles. The van der Waals surface area contributed by atoms with Crippen molar-refractivity contribution in [3.05, 3.63) is 29.8 Å². The molecule has 0 unspecified atom stereocenters. The van der Waals surface area contributed by atoms with E-state index >= 15 is 0 Å². The van der Waals surface area contributed by atoms with Crippen LogP contribution in [0, 0.1) is 0 Å². The fourth-order valence-electron chi connectivity index (χ4n) is 3.53. The Bertz CT molecular complexity index is 597. The van der Waals surface area contributed by atoms with Gasteiger partial charge in [-0.15, -0.1) is 0 Å². The van der Waals surface area contributed by atoms with E-state index in [0.717, 1.165) is 50.8 Å². The lowest BCUT2D eigenvalue weighted by atomic mass is 9.93. The normalized spacial score (nSPS) is 19.0. The van der Waals surface area contributed by atoms with Crippen LogP contribution in [-0.2, 0) is 9.47 Å². The number of hydrogen-bond donors (Lipinski definition) is 1. The molecule has 1 aromatic carbocycles. The lowest BCUT2D eigenvalue weighted by molar-refractivity contribution is 0.00695. The van der Waals surface area contributed by atoms with Crippen molar-refractivity contribution in [3.8, 4) is 0 Å². The minimum absolute atomic E-state index is 0.267. The van der Waals surface area contributed by atoms with Crippen LogP contribution >= 0.6 is 0 Å². The lowest BCUT2D eigenvalue weighted by Gasteiger charge is -2.34.